The largest absolute Gasteiger partial charge is 0.493 e. The number of nitrogens with zero attached hydrogens (tertiary/aromatic N) is 2. The van der Waals surface area contributed by atoms with E-state index in [0.29, 0.717) is 46.9 Å². The van der Waals surface area contributed by atoms with Gasteiger partial charge in [-0.1, -0.05) is 20.8 Å². The maximum absolute atomic E-state index is 15.3. The molecule has 5 rings (SSSR count). The van der Waals surface area contributed by atoms with Gasteiger partial charge in [-0.2, -0.15) is 0 Å². The van der Waals surface area contributed by atoms with Crippen molar-refractivity contribution in [3.8, 4) is 23.0 Å². The van der Waals surface area contributed by atoms with E-state index in [1.165, 1.54) is 36.4 Å². The Morgan fingerprint density at radius 1 is 0.913 bits per heavy atom. The number of nitrogens with one attached hydrogen (secondary N) is 2. The molecule has 1 aliphatic carbocycles. The van der Waals surface area contributed by atoms with Gasteiger partial charge in [-0.25, -0.2) is 8.78 Å². The monoisotopic (exact) mass is 632 g/mol. The molecule has 1 saturated carbocycles. The Balaban J connectivity index is 1.27. The summed E-state index contributed by atoms with van der Waals surface area (Å²) in [4.78, 5) is 33.1. The number of carbonyl (C=O) groups excluding carboxylic acids is 2. The SMILES string of the molecule is CCN(CC)CCCOc1cc2nccc(Oc3ccc(NC(=O)C4(C(=O)Nc5ccc(F)cc5)CC4C)cc3F)c2cc1OC. The summed E-state index contributed by atoms with van der Waals surface area (Å²) in [6.07, 6.45) is 2.75. The zero-order valence-electron chi connectivity index (χ0n) is 26.4. The number of anilines is 2. The van der Waals surface area contributed by atoms with Gasteiger partial charge in [0.15, 0.2) is 23.1 Å². The number of carbonyl (C=O) groups is 2. The van der Waals surface area contributed by atoms with Crippen LogP contribution in [0.25, 0.3) is 10.9 Å². The van der Waals surface area contributed by atoms with Gasteiger partial charge in [0, 0.05) is 41.6 Å². The van der Waals surface area contributed by atoms with Crippen molar-refractivity contribution in [2.24, 2.45) is 11.3 Å². The van der Waals surface area contributed by atoms with Gasteiger partial charge < -0.3 is 29.7 Å². The first-order valence-corrected chi connectivity index (χ1v) is 15.4. The lowest BCUT2D eigenvalue weighted by molar-refractivity contribution is -0.131. The van der Waals surface area contributed by atoms with E-state index in [1.54, 1.807) is 38.4 Å². The smallest absolute Gasteiger partial charge is 0.240 e. The molecule has 11 heteroatoms. The molecular weight excluding hydrogens is 594 g/mol. The van der Waals surface area contributed by atoms with Gasteiger partial charge in [0.25, 0.3) is 0 Å². The molecule has 0 spiro atoms. The van der Waals surface area contributed by atoms with Crippen molar-refractivity contribution < 1.29 is 32.6 Å². The number of hydrogen-bond acceptors (Lipinski definition) is 7. The van der Waals surface area contributed by atoms with Crippen LogP contribution in [0.4, 0.5) is 20.2 Å². The lowest BCUT2D eigenvalue weighted by atomic mass is 10.0. The number of methoxy groups -OCH3 is 1. The molecule has 0 bridgehead atoms. The molecule has 2 N–H and O–H groups in total. The number of amides is 2. The number of pyridine rings is 1. The minimum absolute atomic E-state index is 0.0650. The summed E-state index contributed by atoms with van der Waals surface area (Å²) in [5.74, 6) is -1.08. The van der Waals surface area contributed by atoms with E-state index >= 15 is 4.39 Å². The minimum Gasteiger partial charge on any atom is -0.493 e. The zero-order valence-corrected chi connectivity index (χ0v) is 26.4. The van der Waals surface area contributed by atoms with Gasteiger partial charge in [-0.15, -0.1) is 0 Å². The third-order valence-electron chi connectivity index (χ3n) is 8.39. The molecule has 3 aromatic carbocycles. The Kier molecular flexibility index (Phi) is 10.0. The molecule has 9 nitrogen and oxygen atoms in total. The van der Waals surface area contributed by atoms with Crippen LogP contribution in [0.5, 0.6) is 23.0 Å². The molecule has 1 fully saturated rings. The van der Waals surface area contributed by atoms with Crippen LogP contribution in [0.1, 0.15) is 33.6 Å². The third-order valence-corrected chi connectivity index (χ3v) is 8.39. The number of ether oxygens (including phenoxy) is 3. The fraction of sp³-hybridized carbons (Fsp3) is 0.343. The number of rotatable bonds is 14. The highest BCUT2D eigenvalue weighted by Gasteiger charge is 2.63. The van der Waals surface area contributed by atoms with Crippen LogP contribution in [0.3, 0.4) is 0 Å². The predicted molar refractivity (Wildman–Crippen MR) is 173 cm³/mol. The van der Waals surface area contributed by atoms with Crippen LogP contribution < -0.4 is 24.8 Å². The van der Waals surface area contributed by atoms with E-state index in [2.05, 4.69) is 34.4 Å². The van der Waals surface area contributed by atoms with Gasteiger partial charge in [0.05, 0.1) is 19.2 Å². The molecular formula is C35H38F2N4O5. The van der Waals surface area contributed by atoms with E-state index in [-0.39, 0.29) is 17.4 Å². The average Bonchev–Trinajstić information content (AvgIpc) is 3.75. The first-order valence-electron chi connectivity index (χ1n) is 15.4. The molecule has 0 saturated heterocycles. The molecule has 2 atom stereocenters. The molecule has 2 unspecified atom stereocenters. The maximum atomic E-state index is 15.3. The minimum atomic E-state index is -1.32. The summed E-state index contributed by atoms with van der Waals surface area (Å²) in [5.41, 5.74) is -0.180. The number of hydrogen-bond donors (Lipinski definition) is 2. The fourth-order valence-corrected chi connectivity index (χ4v) is 5.46. The molecule has 4 aromatic rings. The molecule has 46 heavy (non-hydrogen) atoms. The molecule has 2 amide bonds. The lowest BCUT2D eigenvalue weighted by Gasteiger charge is -2.18. The quantitative estimate of drug-likeness (QED) is 0.114. The fourth-order valence-electron chi connectivity index (χ4n) is 5.46. The summed E-state index contributed by atoms with van der Waals surface area (Å²) in [6.45, 7) is 9.47. The standard InChI is InChI=1S/C35H38F2N4O5/c1-5-41(6-2)16-7-17-45-32-20-28-26(19-31(32)44-4)29(14-15-38-28)46-30-13-12-25(18-27(30)37)40-34(43)35(21-22(35)3)33(42)39-24-10-8-23(36)9-11-24/h8-15,18-20,22H,5-7,16-17,21H2,1-4H3,(H,39,42)(H,40,43). The Morgan fingerprint density at radius 3 is 2.22 bits per heavy atom. The van der Waals surface area contributed by atoms with Crippen LogP contribution in [-0.4, -0.2) is 55.0 Å². The van der Waals surface area contributed by atoms with Gasteiger partial charge in [0.2, 0.25) is 11.8 Å². The first-order chi connectivity index (χ1) is 22.2. The van der Waals surface area contributed by atoms with Crippen molar-refractivity contribution in [3.05, 3.63) is 78.5 Å². The number of fused-ring (bicyclic) bond motifs is 1. The number of halogens is 2. The predicted octanol–water partition coefficient (Wildman–Crippen LogP) is 7.03. The first kappa shape index (κ1) is 32.6. The van der Waals surface area contributed by atoms with Crippen molar-refractivity contribution in [1.29, 1.82) is 0 Å². The van der Waals surface area contributed by atoms with Crippen LogP contribution in [0, 0.1) is 23.0 Å². The third kappa shape index (κ3) is 7.04. The zero-order chi connectivity index (χ0) is 32.8. The van der Waals surface area contributed by atoms with Crippen molar-refractivity contribution in [2.45, 2.75) is 33.6 Å². The van der Waals surface area contributed by atoms with Crippen molar-refractivity contribution in [1.82, 2.24) is 9.88 Å². The topological polar surface area (TPSA) is 102 Å². The molecule has 0 aliphatic heterocycles. The second-order valence-corrected chi connectivity index (χ2v) is 11.3. The number of aromatic nitrogens is 1. The summed E-state index contributed by atoms with van der Waals surface area (Å²) >= 11 is 0. The van der Waals surface area contributed by atoms with Crippen molar-refractivity contribution in [3.63, 3.8) is 0 Å². The Hall–Kier alpha value is -4.77. The highest BCUT2D eigenvalue weighted by molar-refractivity contribution is 6.17. The van der Waals surface area contributed by atoms with Gasteiger partial charge in [-0.05, 0) is 80.4 Å². The summed E-state index contributed by atoms with van der Waals surface area (Å²) in [6, 6.07) is 14.5. The van der Waals surface area contributed by atoms with Crippen LogP contribution in [-0.2, 0) is 9.59 Å². The van der Waals surface area contributed by atoms with E-state index in [9.17, 15) is 14.0 Å². The summed E-state index contributed by atoms with van der Waals surface area (Å²) < 4.78 is 46.1. The van der Waals surface area contributed by atoms with Crippen LogP contribution >= 0.6 is 0 Å². The van der Waals surface area contributed by atoms with Gasteiger partial charge >= 0.3 is 0 Å². The Labute approximate surface area is 266 Å². The average molecular weight is 633 g/mol. The molecule has 1 aliphatic rings. The molecule has 1 heterocycles. The normalized spacial score (nSPS) is 17.1. The molecule has 242 valence electrons. The second kappa shape index (κ2) is 14.1. The van der Waals surface area contributed by atoms with Crippen molar-refractivity contribution in [2.75, 3.05) is 44.0 Å². The highest BCUT2D eigenvalue weighted by Crippen LogP contribution is 2.53. The summed E-state index contributed by atoms with van der Waals surface area (Å²) in [7, 11) is 1.55. The van der Waals surface area contributed by atoms with E-state index in [0.717, 1.165) is 32.1 Å². The maximum Gasteiger partial charge on any atom is 0.240 e. The Bertz CT molecular complexity index is 1710. The Morgan fingerprint density at radius 2 is 1.59 bits per heavy atom. The van der Waals surface area contributed by atoms with Crippen molar-refractivity contribution >= 4 is 34.1 Å². The highest BCUT2D eigenvalue weighted by atomic mass is 19.1. The number of benzene rings is 3. The van der Waals surface area contributed by atoms with E-state index < -0.39 is 28.9 Å². The lowest BCUT2D eigenvalue weighted by Crippen LogP contribution is -2.37. The molecule has 1 aromatic heterocycles. The van der Waals surface area contributed by atoms with Crippen LogP contribution in [0.2, 0.25) is 0 Å². The van der Waals surface area contributed by atoms with Gasteiger partial charge in [-0.3, -0.25) is 14.6 Å². The van der Waals surface area contributed by atoms with Crippen LogP contribution in [0.15, 0.2) is 66.9 Å². The van der Waals surface area contributed by atoms with E-state index in [4.69, 9.17) is 14.2 Å². The second-order valence-electron chi connectivity index (χ2n) is 11.3. The van der Waals surface area contributed by atoms with Gasteiger partial charge in [0.1, 0.15) is 17.0 Å². The van der Waals surface area contributed by atoms with E-state index in [1.807, 2.05) is 0 Å². The summed E-state index contributed by atoms with van der Waals surface area (Å²) in [5, 5.41) is 5.95. The molecule has 0 radical (unpaired) electrons.